The minimum absolute atomic E-state index is 0.135. The highest BCUT2D eigenvalue weighted by molar-refractivity contribution is 5.76. The van der Waals surface area contributed by atoms with Gasteiger partial charge in [-0.15, -0.1) is 0 Å². The van der Waals surface area contributed by atoms with Crippen LogP contribution in [0.15, 0.2) is 18.2 Å². The third kappa shape index (κ3) is 3.85. The van der Waals surface area contributed by atoms with Gasteiger partial charge in [0.05, 0.1) is 4.92 Å². The van der Waals surface area contributed by atoms with Gasteiger partial charge in [-0.1, -0.05) is 13.0 Å². The first kappa shape index (κ1) is 15.6. The number of nitro benzene ring substituents is 1. The lowest BCUT2D eigenvalue weighted by molar-refractivity contribution is -0.383. The van der Waals surface area contributed by atoms with E-state index in [1.807, 2.05) is 6.07 Å². The van der Waals surface area contributed by atoms with Gasteiger partial charge in [0, 0.05) is 26.2 Å². The number of benzene rings is 1. The van der Waals surface area contributed by atoms with Gasteiger partial charge in [-0.2, -0.15) is 0 Å². The molecule has 0 spiro atoms. The summed E-state index contributed by atoms with van der Waals surface area (Å²) in [4.78, 5) is 13.4. The predicted molar refractivity (Wildman–Crippen MR) is 86.0 cm³/mol. The Morgan fingerprint density at radius 2 is 2.00 bits per heavy atom. The molecule has 0 unspecified atom stereocenters. The van der Waals surface area contributed by atoms with Crippen LogP contribution >= 0.6 is 0 Å². The maximum atomic E-state index is 11.3. The molecule has 0 amide bonds. The molecule has 0 aromatic heterocycles. The second-order valence-corrected chi connectivity index (χ2v) is 5.47. The van der Waals surface area contributed by atoms with Crippen molar-refractivity contribution >= 4 is 17.1 Å². The van der Waals surface area contributed by atoms with Crippen molar-refractivity contribution in [2.24, 2.45) is 0 Å². The Labute approximate surface area is 125 Å². The van der Waals surface area contributed by atoms with E-state index in [9.17, 15) is 10.1 Å². The van der Waals surface area contributed by atoms with Crippen LogP contribution in [0.1, 0.15) is 26.2 Å². The second-order valence-electron chi connectivity index (χ2n) is 5.47. The summed E-state index contributed by atoms with van der Waals surface area (Å²) in [6, 6.07) is 5.67. The Bertz CT molecular complexity index is 485. The molecule has 0 radical (unpaired) electrons. The fourth-order valence-electron chi connectivity index (χ4n) is 2.90. The quantitative estimate of drug-likeness (QED) is 0.623. The molecule has 0 aliphatic carbocycles. The number of nitrogens with one attached hydrogen (secondary N) is 2. The topological polar surface area (TPSA) is 70.4 Å². The highest BCUT2D eigenvalue weighted by Crippen LogP contribution is 2.33. The number of nitrogens with zero attached hydrogens (tertiary/aromatic N) is 2. The molecule has 0 saturated carbocycles. The van der Waals surface area contributed by atoms with E-state index >= 15 is 0 Å². The molecule has 1 saturated heterocycles. The fraction of sp³-hybridized carbons (Fsp3) is 0.600. The Balaban J connectivity index is 2.05. The van der Waals surface area contributed by atoms with E-state index in [1.54, 1.807) is 19.2 Å². The summed E-state index contributed by atoms with van der Waals surface area (Å²) in [5.74, 6) is 0. The molecule has 1 aromatic carbocycles. The highest BCUT2D eigenvalue weighted by Gasteiger charge is 2.23. The molecule has 1 aliphatic heterocycles. The van der Waals surface area contributed by atoms with E-state index in [4.69, 9.17) is 0 Å². The van der Waals surface area contributed by atoms with Crippen molar-refractivity contribution in [1.82, 2.24) is 4.90 Å². The van der Waals surface area contributed by atoms with Gasteiger partial charge < -0.3 is 15.5 Å². The Morgan fingerprint density at radius 1 is 1.33 bits per heavy atom. The summed E-state index contributed by atoms with van der Waals surface area (Å²) in [6.07, 6.45) is 3.23. The molecule has 1 aliphatic rings. The number of piperidine rings is 1. The van der Waals surface area contributed by atoms with Crippen LogP contribution in [0.5, 0.6) is 0 Å². The standard InChI is InChI=1S/C15H24N4O2/c1-3-9-18-10-7-12(8-11-18)17-14-6-4-5-13(16-2)15(14)19(20)21/h4-6,12,16-17H,3,7-11H2,1-2H3. The van der Waals surface area contributed by atoms with Gasteiger partial charge >= 0.3 is 5.69 Å². The van der Waals surface area contributed by atoms with Crippen LogP contribution in [0.4, 0.5) is 17.1 Å². The van der Waals surface area contributed by atoms with Gasteiger partial charge in [-0.25, -0.2) is 0 Å². The summed E-state index contributed by atoms with van der Waals surface area (Å²) in [5, 5.41) is 17.5. The van der Waals surface area contributed by atoms with E-state index in [1.165, 1.54) is 6.42 Å². The molecular formula is C15H24N4O2. The number of rotatable bonds is 6. The molecule has 0 atom stereocenters. The largest absolute Gasteiger partial charge is 0.382 e. The minimum Gasteiger partial charge on any atom is -0.382 e. The predicted octanol–water partition coefficient (Wildman–Crippen LogP) is 2.92. The summed E-state index contributed by atoms with van der Waals surface area (Å²) >= 11 is 0. The summed E-state index contributed by atoms with van der Waals surface area (Å²) in [6.45, 7) is 5.45. The van der Waals surface area contributed by atoms with Crippen LogP contribution in [0, 0.1) is 10.1 Å². The molecular weight excluding hydrogens is 268 g/mol. The fourth-order valence-corrected chi connectivity index (χ4v) is 2.90. The first-order chi connectivity index (χ1) is 10.2. The average molecular weight is 292 g/mol. The lowest BCUT2D eigenvalue weighted by atomic mass is 10.0. The van der Waals surface area contributed by atoms with Gasteiger partial charge in [0.15, 0.2) is 0 Å². The van der Waals surface area contributed by atoms with Crippen LogP contribution in [0.3, 0.4) is 0 Å². The number of likely N-dealkylation sites (tertiary alicyclic amines) is 1. The average Bonchev–Trinajstić information content (AvgIpc) is 2.49. The first-order valence-corrected chi connectivity index (χ1v) is 7.59. The lowest BCUT2D eigenvalue weighted by Gasteiger charge is -2.32. The Kier molecular flexibility index (Phi) is 5.38. The van der Waals surface area contributed by atoms with Crippen molar-refractivity contribution < 1.29 is 4.92 Å². The monoisotopic (exact) mass is 292 g/mol. The molecule has 1 aromatic rings. The zero-order valence-electron chi connectivity index (χ0n) is 12.8. The number of hydrogen-bond donors (Lipinski definition) is 2. The van der Waals surface area contributed by atoms with E-state index in [-0.39, 0.29) is 10.6 Å². The number of hydrogen-bond acceptors (Lipinski definition) is 5. The number of nitro groups is 1. The smallest absolute Gasteiger partial charge is 0.315 e. The number of para-hydroxylation sites is 1. The van der Waals surface area contributed by atoms with Crippen LogP contribution in [-0.2, 0) is 0 Å². The van der Waals surface area contributed by atoms with Crippen molar-refractivity contribution in [3.05, 3.63) is 28.3 Å². The van der Waals surface area contributed by atoms with Crippen LogP contribution < -0.4 is 10.6 Å². The van der Waals surface area contributed by atoms with E-state index in [0.717, 1.165) is 32.5 Å². The molecule has 6 nitrogen and oxygen atoms in total. The SMILES string of the molecule is CCCN1CCC(Nc2cccc(NC)c2[N+](=O)[O-])CC1. The normalized spacial score (nSPS) is 16.7. The molecule has 0 bridgehead atoms. The van der Waals surface area contributed by atoms with Crippen molar-refractivity contribution in [1.29, 1.82) is 0 Å². The maximum absolute atomic E-state index is 11.3. The molecule has 6 heteroatoms. The van der Waals surface area contributed by atoms with E-state index in [2.05, 4.69) is 22.5 Å². The van der Waals surface area contributed by atoms with Crippen molar-refractivity contribution in [3.63, 3.8) is 0 Å². The molecule has 116 valence electrons. The summed E-state index contributed by atoms with van der Waals surface area (Å²) in [5.41, 5.74) is 1.30. The highest BCUT2D eigenvalue weighted by atomic mass is 16.6. The third-order valence-corrected chi connectivity index (χ3v) is 3.97. The zero-order chi connectivity index (χ0) is 15.2. The van der Waals surface area contributed by atoms with Gasteiger partial charge in [0.1, 0.15) is 11.4 Å². The Morgan fingerprint density at radius 3 is 2.57 bits per heavy atom. The molecule has 1 heterocycles. The second kappa shape index (κ2) is 7.26. The van der Waals surface area contributed by atoms with Crippen LogP contribution in [0.2, 0.25) is 0 Å². The van der Waals surface area contributed by atoms with Gasteiger partial charge in [-0.3, -0.25) is 10.1 Å². The minimum atomic E-state index is -0.319. The summed E-state index contributed by atoms with van der Waals surface area (Å²) in [7, 11) is 1.70. The van der Waals surface area contributed by atoms with E-state index < -0.39 is 0 Å². The van der Waals surface area contributed by atoms with Crippen LogP contribution in [0.25, 0.3) is 0 Å². The van der Waals surface area contributed by atoms with Gasteiger partial charge in [0.25, 0.3) is 0 Å². The van der Waals surface area contributed by atoms with Crippen LogP contribution in [-0.4, -0.2) is 42.5 Å². The third-order valence-electron chi connectivity index (χ3n) is 3.97. The van der Waals surface area contributed by atoms with E-state index in [0.29, 0.717) is 17.4 Å². The first-order valence-electron chi connectivity index (χ1n) is 7.59. The molecule has 21 heavy (non-hydrogen) atoms. The maximum Gasteiger partial charge on any atom is 0.315 e. The molecule has 2 rings (SSSR count). The van der Waals surface area contributed by atoms with Crippen molar-refractivity contribution in [2.45, 2.75) is 32.2 Å². The van der Waals surface area contributed by atoms with Crippen molar-refractivity contribution in [3.8, 4) is 0 Å². The molecule has 2 N–H and O–H groups in total. The lowest BCUT2D eigenvalue weighted by Crippen LogP contribution is -2.39. The van der Waals surface area contributed by atoms with Gasteiger partial charge in [0.2, 0.25) is 0 Å². The van der Waals surface area contributed by atoms with Crippen molar-refractivity contribution in [2.75, 3.05) is 37.3 Å². The summed E-state index contributed by atoms with van der Waals surface area (Å²) < 4.78 is 0. The molecule has 1 fully saturated rings. The van der Waals surface area contributed by atoms with Gasteiger partial charge in [-0.05, 0) is 37.9 Å². The number of anilines is 2. The Hall–Kier alpha value is -1.82. The zero-order valence-corrected chi connectivity index (χ0v) is 12.8.